The van der Waals surface area contributed by atoms with Crippen LogP contribution in [0.25, 0.3) is 0 Å². The van der Waals surface area contributed by atoms with Gasteiger partial charge in [0.15, 0.2) is 0 Å². The maximum absolute atomic E-state index is 10.6. The van der Waals surface area contributed by atoms with E-state index in [4.69, 9.17) is 5.73 Å². The minimum atomic E-state index is -0.408. The van der Waals surface area contributed by atoms with Gasteiger partial charge in [0.05, 0.1) is 22.9 Å². The van der Waals surface area contributed by atoms with Gasteiger partial charge in [-0.3, -0.25) is 10.1 Å². The second-order valence-corrected chi connectivity index (χ2v) is 4.52. The van der Waals surface area contributed by atoms with E-state index in [1.807, 2.05) is 4.68 Å². The van der Waals surface area contributed by atoms with Gasteiger partial charge in [0.1, 0.15) is 0 Å². The molecule has 0 aliphatic heterocycles. The molecule has 0 spiro atoms. The highest BCUT2D eigenvalue weighted by atomic mass is 16.6. The van der Waals surface area contributed by atoms with Crippen LogP contribution in [0.3, 0.4) is 0 Å². The summed E-state index contributed by atoms with van der Waals surface area (Å²) in [6.07, 6.45) is 1.85. The van der Waals surface area contributed by atoms with Crippen LogP contribution in [0.1, 0.15) is 30.3 Å². The molecule has 0 amide bonds. The average molecular weight is 275 g/mol. The number of rotatable bonds is 6. The monoisotopic (exact) mass is 275 g/mol. The lowest BCUT2D eigenvalue weighted by atomic mass is 10.1. The second kappa shape index (κ2) is 6.25. The summed E-state index contributed by atoms with van der Waals surface area (Å²) >= 11 is 0. The predicted molar refractivity (Wildman–Crippen MR) is 74.1 cm³/mol. The quantitative estimate of drug-likeness (QED) is 0.638. The standard InChI is InChI=1S/C13H17N5O2/c1-2-3-13-12(8-14)15-16-17(13)9-10-4-6-11(7-5-10)18(19)20/h4-7H,2-3,8-9,14H2,1H3. The molecule has 0 aliphatic rings. The zero-order valence-corrected chi connectivity index (χ0v) is 11.3. The smallest absolute Gasteiger partial charge is 0.269 e. The third kappa shape index (κ3) is 3.00. The lowest BCUT2D eigenvalue weighted by molar-refractivity contribution is -0.384. The maximum atomic E-state index is 10.6. The highest BCUT2D eigenvalue weighted by molar-refractivity contribution is 5.33. The lowest BCUT2D eigenvalue weighted by Crippen LogP contribution is -2.08. The van der Waals surface area contributed by atoms with Gasteiger partial charge in [-0.05, 0) is 12.0 Å². The third-order valence-corrected chi connectivity index (χ3v) is 3.08. The Labute approximate surface area is 116 Å². The molecule has 7 heteroatoms. The van der Waals surface area contributed by atoms with Crippen LogP contribution >= 0.6 is 0 Å². The topological polar surface area (TPSA) is 99.9 Å². The second-order valence-electron chi connectivity index (χ2n) is 4.52. The number of nitrogens with zero attached hydrogens (tertiary/aromatic N) is 4. The minimum absolute atomic E-state index is 0.0868. The van der Waals surface area contributed by atoms with Crippen LogP contribution in [-0.2, 0) is 19.5 Å². The zero-order valence-electron chi connectivity index (χ0n) is 11.3. The Morgan fingerprint density at radius 3 is 2.60 bits per heavy atom. The summed E-state index contributed by atoms with van der Waals surface area (Å²) in [5.74, 6) is 0. The average Bonchev–Trinajstić information content (AvgIpc) is 2.82. The Balaban J connectivity index is 2.21. The molecule has 0 atom stereocenters. The van der Waals surface area contributed by atoms with Crippen molar-refractivity contribution in [2.24, 2.45) is 5.73 Å². The van der Waals surface area contributed by atoms with Crippen molar-refractivity contribution < 1.29 is 4.92 Å². The summed E-state index contributed by atoms with van der Waals surface area (Å²) in [7, 11) is 0. The van der Waals surface area contributed by atoms with E-state index in [-0.39, 0.29) is 5.69 Å². The molecule has 0 fully saturated rings. The summed E-state index contributed by atoms with van der Waals surface area (Å²) in [4.78, 5) is 10.2. The molecule has 0 radical (unpaired) electrons. The number of hydrogen-bond acceptors (Lipinski definition) is 5. The summed E-state index contributed by atoms with van der Waals surface area (Å²) in [5.41, 5.74) is 8.53. The van der Waals surface area contributed by atoms with Gasteiger partial charge in [-0.15, -0.1) is 5.10 Å². The first-order valence-electron chi connectivity index (χ1n) is 6.50. The van der Waals surface area contributed by atoms with Crippen LogP contribution < -0.4 is 5.73 Å². The van der Waals surface area contributed by atoms with E-state index < -0.39 is 4.92 Å². The SMILES string of the molecule is CCCc1c(CN)nnn1Cc1ccc([N+](=O)[O-])cc1. The van der Waals surface area contributed by atoms with Crippen molar-refractivity contribution in [2.45, 2.75) is 32.9 Å². The fourth-order valence-electron chi connectivity index (χ4n) is 2.06. The minimum Gasteiger partial charge on any atom is -0.325 e. The number of non-ortho nitro benzene ring substituents is 1. The Bertz CT molecular complexity index is 591. The Kier molecular flexibility index (Phi) is 4.41. The molecular weight excluding hydrogens is 258 g/mol. The molecule has 1 aromatic heterocycles. The maximum Gasteiger partial charge on any atom is 0.269 e. The fraction of sp³-hybridized carbons (Fsp3) is 0.385. The van der Waals surface area contributed by atoms with Gasteiger partial charge in [-0.2, -0.15) is 0 Å². The van der Waals surface area contributed by atoms with Crippen LogP contribution in [0.5, 0.6) is 0 Å². The van der Waals surface area contributed by atoms with E-state index in [0.717, 1.165) is 29.8 Å². The number of nitrogens with two attached hydrogens (primary N) is 1. The molecule has 20 heavy (non-hydrogen) atoms. The van der Waals surface area contributed by atoms with E-state index in [9.17, 15) is 10.1 Å². The zero-order chi connectivity index (χ0) is 14.5. The Morgan fingerprint density at radius 2 is 2.05 bits per heavy atom. The van der Waals surface area contributed by atoms with Crippen molar-refractivity contribution in [1.29, 1.82) is 0 Å². The van der Waals surface area contributed by atoms with E-state index in [1.54, 1.807) is 12.1 Å². The van der Waals surface area contributed by atoms with Gasteiger partial charge >= 0.3 is 0 Å². The van der Waals surface area contributed by atoms with Gasteiger partial charge in [0.2, 0.25) is 0 Å². The van der Waals surface area contributed by atoms with Crippen LogP contribution in [0.15, 0.2) is 24.3 Å². The molecule has 0 unspecified atom stereocenters. The molecule has 0 saturated carbocycles. The largest absolute Gasteiger partial charge is 0.325 e. The number of nitro groups is 1. The van der Waals surface area contributed by atoms with Gasteiger partial charge in [-0.1, -0.05) is 30.7 Å². The molecule has 0 saturated heterocycles. The number of aromatic nitrogens is 3. The molecule has 1 heterocycles. The first-order valence-corrected chi connectivity index (χ1v) is 6.50. The van der Waals surface area contributed by atoms with Crippen molar-refractivity contribution in [3.05, 3.63) is 51.3 Å². The molecular formula is C13H17N5O2. The molecule has 106 valence electrons. The van der Waals surface area contributed by atoms with Crippen LogP contribution in [0, 0.1) is 10.1 Å². The number of benzene rings is 1. The molecule has 7 nitrogen and oxygen atoms in total. The highest BCUT2D eigenvalue weighted by Crippen LogP contribution is 2.15. The van der Waals surface area contributed by atoms with Gasteiger partial charge in [0.25, 0.3) is 5.69 Å². The summed E-state index contributed by atoms with van der Waals surface area (Å²) in [6, 6.07) is 6.46. The van der Waals surface area contributed by atoms with E-state index >= 15 is 0 Å². The third-order valence-electron chi connectivity index (χ3n) is 3.08. The van der Waals surface area contributed by atoms with Gasteiger partial charge < -0.3 is 5.73 Å². The molecule has 0 bridgehead atoms. The molecule has 0 aliphatic carbocycles. The van der Waals surface area contributed by atoms with Crippen molar-refractivity contribution in [1.82, 2.24) is 15.0 Å². The van der Waals surface area contributed by atoms with Crippen LogP contribution in [0.2, 0.25) is 0 Å². The van der Waals surface area contributed by atoms with Gasteiger partial charge in [-0.25, -0.2) is 4.68 Å². The summed E-state index contributed by atoms with van der Waals surface area (Å²) in [5, 5.41) is 18.8. The molecule has 2 rings (SSSR count). The summed E-state index contributed by atoms with van der Waals surface area (Å²) < 4.78 is 1.81. The Morgan fingerprint density at radius 1 is 1.35 bits per heavy atom. The molecule has 1 aromatic carbocycles. The molecule has 2 aromatic rings. The fourth-order valence-corrected chi connectivity index (χ4v) is 2.06. The van der Waals surface area contributed by atoms with Crippen LogP contribution in [0.4, 0.5) is 5.69 Å². The van der Waals surface area contributed by atoms with Crippen LogP contribution in [-0.4, -0.2) is 19.9 Å². The first-order chi connectivity index (χ1) is 9.65. The number of nitro benzene ring substituents is 1. The first kappa shape index (κ1) is 14.1. The van der Waals surface area contributed by atoms with Crippen molar-refractivity contribution >= 4 is 5.69 Å². The normalized spacial score (nSPS) is 10.7. The predicted octanol–water partition coefficient (Wildman–Crippen LogP) is 1.65. The molecule has 2 N–H and O–H groups in total. The highest BCUT2D eigenvalue weighted by Gasteiger charge is 2.11. The van der Waals surface area contributed by atoms with Crippen molar-refractivity contribution in [3.63, 3.8) is 0 Å². The van der Waals surface area contributed by atoms with E-state index in [0.29, 0.717) is 13.1 Å². The van der Waals surface area contributed by atoms with E-state index in [2.05, 4.69) is 17.2 Å². The van der Waals surface area contributed by atoms with E-state index in [1.165, 1.54) is 12.1 Å². The Hall–Kier alpha value is -2.28. The van der Waals surface area contributed by atoms with Gasteiger partial charge in [0, 0.05) is 18.7 Å². The van der Waals surface area contributed by atoms with Crippen molar-refractivity contribution in [2.75, 3.05) is 0 Å². The number of hydrogen-bond donors (Lipinski definition) is 1. The summed E-state index contributed by atoms with van der Waals surface area (Å²) in [6.45, 7) is 3.00. The lowest BCUT2D eigenvalue weighted by Gasteiger charge is -2.06. The van der Waals surface area contributed by atoms with Crippen molar-refractivity contribution in [3.8, 4) is 0 Å².